The summed E-state index contributed by atoms with van der Waals surface area (Å²) in [4.78, 5) is 36.2. The van der Waals surface area contributed by atoms with Crippen molar-refractivity contribution in [2.24, 2.45) is 11.8 Å². The van der Waals surface area contributed by atoms with Crippen molar-refractivity contribution >= 4 is 23.5 Å². The Kier molecular flexibility index (Phi) is 9.65. The van der Waals surface area contributed by atoms with Crippen LogP contribution in [0.3, 0.4) is 0 Å². The van der Waals surface area contributed by atoms with Crippen LogP contribution in [0.25, 0.3) is 0 Å². The SMILES string of the molecule is CCN[C@H](C(=O)N[C@@H](C)C(=O)Nc1ccc(COC(=O)C(C)C)cc1)C(C)C.[HH].[HH].[HH]. The molecule has 0 aliphatic carbocycles. The molecule has 0 fully saturated rings. The lowest BCUT2D eigenvalue weighted by molar-refractivity contribution is -0.148. The molecule has 0 heterocycles. The number of nitrogens with one attached hydrogen (secondary N) is 3. The number of amides is 2. The predicted molar refractivity (Wildman–Crippen MR) is 116 cm³/mol. The molecule has 0 bridgehead atoms. The Morgan fingerprint density at radius 2 is 1.61 bits per heavy atom. The third-order valence-electron chi connectivity index (χ3n) is 4.20. The number of anilines is 1. The van der Waals surface area contributed by atoms with Gasteiger partial charge in [-0.05, 0) is 37.1 Å². The zero-order chi connectivity index (χ0) is 21.3. The molecule has 0 spiro atoms. The van der Waals surface area contributed by atoms with Gasteiger partial charge in [-0.1, -0.05) is 46.8 Å². The van der Waals surface area contributed by atoms with Gasteiger partial charge >= 0.3 is 5.97 Å². The van der Waals surface area contributed by atoms with Gasteiger partial charge in [0.25, 0.3) is 0 Å². The topological polar surface area (TPSA) is 96.5 Å². The van der Waals surface area contributed by atoms with Crippen molar-refractivity contribution < 1.29 is 23.4 Å². The largest absolute Gasteiger partial charge is 0.461 e. The van der Waals surface area contributed by atoms with E-state index in [1.165, 1.54) is 0 Å². The number of hydrogen-bond donors (Lipinski definition) is 3. The first-order valence-corrected chi connectivity index (χ1v) is 9.75. The maximum absolute atomic E-state index is 12.4. The fourth-order valence-corrected chi connectivity index (χ4v) is 2.48. The second kappa shape index (κ2) is 11.4. The molecule has 162 valence electrons. The molecule has 0 unspecified atom stereocenters. The summed E-state index contributed by atoms with van der Waals surface area (Å²) in [5, 5.41) is 8.65. The molecule has 2 atom stereocenters. The fourth-order valence-electron chi connectivity index (χ4n) is 2.48. The lowest BCUT2D eigenvalue weighted by atomic mass is 10.0. The standard InChI is InChI=1S/C21H33N3O4.3H2/c1-7-22-18(13(2)3)20(26)23-15(6)19(25)24-17-10-8-16(9-11-17)12-28-21(27)14(4)5;;;/h8-11,13-15,18,22H,7,12H2,1-6H3,(H,23,26)(H,24,25);3*1H/t15-,18-;;;/m0.../s1. The van der Waals surface area contributed by atoms with Crippen LogP contribution in [0.15, 0.2) is 24.3 Å². The van der Waals surface area contributed by atoms with Crippen LogP contribution >= 0.6 is 0 Å². The molecule has 0 aromatic heterocycles. The molecular weight excluding hydrogens is 358 g/mol. The summed E-state index contributed by atoms with van der Waals surface area (Å²) in [6.45, 7) is 11.9. The maximum Gasteiger partial charge on any atom is 0.308 e. The number of hydrogen-bond acceptors (Lipinski definition) is 5. The van der Waals surface area contributed by atoms with Gasteiger partial charge in [0.1, 0.15) is 12.6 Å². The summed E-state index contributed by atoms with van der Waals surface area (Å²) >= 11 is 0. The number of ether oxygens (including phenoxy) is 1. The van der Waals surface area contributed by atoms with Gasteiger partial charge in [-0.3, -0.25) is 14.4 Å². The van der Waals surface area contributed by atoms with E-state index in [1.54, 1.807) is 45.0 Å². The van der Waals surface area contributed by atoms with Gasteiger partial charge in [0.05, 0.1) is 12.0 Å². The summed E-state index contributed by atoms with van der Waals surface area (Å²) in [5.41, 5.74) is 1.44. The predicted octanol–water partition coefficient (Wildman–Crippen LogP) is 3.20. The average Bonchev–Trinajstić information content (AvgIpc) is 2.64. The van der Waals surface area contributed by atoms with Crippen LogP contribution < -0.4 is 16.0 Å². The van der Waals surface area contributed by atoms with Gasteiger partial charge in [-0.15, -0.1) is 0 Å². The molecule has 1 aromatic carbocycles. The first-order valence-electron chi connectivity index (χ1n) is 9.75. The Labute approximate surface area is 172 Å². The molecule has 0 aliphatic heterocycles. The van der Waals surface area contributed by atoms with Crippen molar-refractivity contribution in [1.29, 1.82) is 0 Å². The monoisotopic (exact) mass is 397 g/mol. The average molecular weight is 398 g/mol. The lowest BCUT2D eigenvalue weighted by Gasteiger charge is -2.23. The first-order chi connectivity index (χ1) is 13.1. The highest BCUT2D eigenvalue weighted by molar-refractivity contribution is 5.97. The minimum Gasteiger partial charge on any atom is -0.461 e. The molecule has 28 heavy (non-hydrogen) atoms. The number of carbonyl (C=O) groups is 3. The van der Waals surface area contributed by atoms with Gasteiger partial charge < -0.3 is 20.7 Å². The van der Waals surface area contributed by atoms with E-state index in [-0.39, 0.29) is 46.5 Å². The molecule has 0 radical (unpaired) electrons. The van der Waals surface area contributed by atoms with Crippen LogP contribution in [-0.4, -0.2) is 36.4 Å². The summed E-state index contributed by atoms with van der Waals surface area (Å²) in [6.07, 6.45) is 0. The number of rotatable bonds is 10. The fraction of sp³-hybridized carbons (Fsp3) is 0.571. The molecule has 7 heteroatoms. The molecular formula is C21H39N3O4. The van der Waals surface area contributed by atoms with Gasteiger partial charge in [-0.25, -0.2) is 0 Å². The van der Waals surface area contributed by atoms with E-state index in [0.29, 0.717) is 12.2 Å². The Bertz CT molecular complexity index is 670. The molecule has 3 N–H and O–H groups in total. The summed E-state index contributed by atoms with van der Waals surface area (Å²) in [6, 6.07) is 6.03. The smallest absolute Gasteiger partial charge is 0.308 e. The quantitative estimate of drug-likeness (QED) is 0.527. The van der Waals surface area contributed by atoms with E-state index in [0.717, 1.165) is 5.56 Å². The zero-order valence-corrected chi connectivity index (χ0v) is 17.7. The minimum atomic E-state index is -0.668. The van der Waals surface area contributed by atoms with Gasteiger partial charge in [0.2, 0.25) is 11.8 Å². The van der Waals surface area contributed by atoms with Crippen molar-refractivity contribution in [3.63, 3.8) is 0 Å². The maximum atomic E-state index is 12.4. The second-order valence-corrected chi connectivity index (χ2v) is 7.46. The van der Waals surface area contributed by atoms with Gasteiger partial charge in [0, 0.05) is 9.97 Å². The van der Waals surface area contributed by atoms with Gasteiger partial charge in [0.15, 0.2) is 0 Å². The van der Waals surface area contributed by atoms with Crippen molar-refractivity contribution in [3.05, 3.63) is 29.8 Å². The van der Waals surface area contributed by atoms with Gasteiger partial charge in [-0.2, -0.15) is 0 Å². The van der Waals surface area contributed by atoms with E-state index in [2.05, 4.69) is 16.0 Å². The molecule has 2 amide bonds. The zero-order valence-electron chi connectivity index (χ0n) is 17.7. The van der Waals surface area contributed by atoms with E-state index in [9.17, 15) is 14.4 Å². The molecule has 0 aliphatic rings. The lowest BCUT2D eigenvalue weighted by Crippen LogP contribution is -2.52. The number of benzene rings is 1. The highest BCUT2D eigenvalue weighted by Crippen LogP contribution is 2.12. The normalized spacial score (nSPS) is 13.1. The van der Waals surface area contributed by atoms with E-state index in [4.69, 9.17) is 4.74 Å². The Morgan fingerprint density at radius 1 is 1.00 bits per heavy atom. The first kappa shape index (κ1) is 23.6. The van der Waals surface area contributed by atoms with Crippen LogP contribution in [0, 0.1) is 11.8 Å². The van der Waals surface area contributed by atoms with Crippen LogP contribution in [-0.2, 0) is 25.7 Å². The molecule has 0 saturated carbocycles. The molecule has 1 rings (SSSR count). The van der Waals surface area contributed by atoms with E-state index >= 15 is 0 Å². The number of carbonyl (C=O) groups excluding carboxylic acids is 3. The third-order valence-corrected chi connectivity index (χ3v) is 4.20. The summed E-state index contributed by atoms with van der Waals surface area (Å²) < 4.78 is 5.17. The van der Waals surface area contributed by atoms with Crippen LogP contribution in [0.5, 0.6) is 0 Å². The Balaban J connectivity index is -0.00000261. The number of likely N-dealkylation sites (N-methyl/N-ethyl adjacent to an activating group) is 1. The molecule has 1 aromatic rings. The Hall–Kier alpha value is -2.41. The van der Waals surface area contributed by atoms with Crippen molar-refractivity contribution in [2.75, 3.05) is 11.9 Å². The third kappa shape index (κ3) is 7.68. The van der Waals surface area contributed by atoms with Crippen LogP contribution in [0.2, 0.25) is 0 Å². The van der Waals surface area contributed by atoms with Crippen molar-refractivity contribution in [2.45, 2.75) is 60.2 Å². The van der Waals surface area contributed by atoms with Crippen LogP contribution in [0.1, 0.15) is 51.4 Å². The second-order valence-electron chi connectivity index (χ2n) is 7.46. The minimum absolute atomic E-state index is 0. The summed E-state index contributed by atoms with van der Waals surface area (Å²) in [5.74, 6) is -0.794. The summed E-state index contributed by atoms with van der Waals surface area (Å²) in [7, 11) is 0. The molecule has 0 saturated heterocycles. The highest BCUT2D eigenvalue weighted by atomic mass is 16.5. The van der Waals surface area contributed by atoms with E-state index in [1.807, 2.05) is 20.8 Å². The van der Waals surface area contributed by atoms with E-state index < -0.39 is 6.04 Å². The number of esters is 1. The van der Waals surface area contributed by atoms with Crippen LogP contribution in [0.4, 0.5) is 5.69 Å². The van der Waals surface area contributed by atoms with Crippen molar-refractivity contribution in [1.82, 2.24) is 10.6 Å². The molecule has 7 nitrogen and oxygen atoms in total. The van der Waals surface area contributed by atoms with Crippen molar-refractivity contribution in [3.8, 4) is 0 Å². The highest BCUT2D eigenvalue weighted by Gasteiger charge is 2.24. The Morgan fingerprint density at radius 3 is 2.11 bits per heavy atom.